The maximum Gasteiger partial charge on any atom is 0.203 e. The summed E-state index contributed by atoms with van der Waals surface area (Å²) in [5.41, 5.74) is 6.89. The summed E-state index contributed by atoms with van der Waals surface area (Å²) in [6, 6.07) is 7.97. The van der Waals surface area contributed by atoms with Crippen LogP contribution in [0.2, 0.25) is 0 Å². The van der Waals surface area contributed by atoms with Crippen molar-refractivity contribution in [2.45, 2.75) is 13.0 Å². The number of ether oxygens (including phenoxy) is 3. The molecule has 1 aromatic carbocycles. The second-order valence-corrected chi connectivity index (χ2v) is 5.49. The number of rotatable bonds is 5. The highest BCUT2D eigenvalue weighted by molar-refractivity contribution is 7.15. The van der Waals surface area contributed by atoms with Crippen molar-refractivity contribution in [3.05, 3.63) is 29.1 Å². The minimum absolute atomic E-state index is 0.0277. The monoisotopic (exact) mass is 293 g/mol. The second kappa shape index (κ2) is 6.15. The molecule has 0 aliphatic heterocycles. The third kappa shape index (κ3) is 2.59. The molecule has 0 amide bonds. The molecule has 2 aromatic rings. The Morgan fingerprint density at radius 3 is 2.15 bits per heavy atom. The zero-order valence-electron chi connectivity index (χ0n) is 12.1. The summed E-state index contributed by atoms with van der Waals surface area (Å²) >= 11 is 1.65. The second-order valence-electron chi connectivity index (χ2n) is 4.37. The van der Waals surface area contributed by atoms with E-state index < -0.39 is 0 Å². The van der Waals surface area contributed by atoms with Crippen molar-refractivity contribution in [2.24, 2.45) is 5.73 Å². The quantitative estimate of drug-likeness (QED) is 0.917. The van der Waals surface area contributed by atoms with Gasteiger partial charge in [0.25, 0.3) is 0 Å². The minimum Gasteiger partial charge on any atom is -0.493 e. The van der Waals surface area contributed by atoms with Gasteiger partial charge >= 0.3 is 0 Å². The number of hydrogen-bond donors (Lipinski definition) is 1. The average molecular weight is 293 g/mol. The molecule has 20 heavy (non-hydrogen) atoms. The standard InChI is InChI=1S/C15H19NO3S/c1-9(16)12-7-8-13(20-12)10-5-6-11(17-2)15(19-4)14(10)18-3/h5-9H,16H2,1-4H3. The normalized spacial score (nSPS) is 12.1. The van der Waals surface area contributed by atoms with Crippen LogP contribution in [0.4, 0.5) is 0 Å². The Bertz CT molecular complexity index is 593. The maximum absolute atomic E-state index is 5.91. The molecule has 2 rings (SSSR count). The lowest BCUT2D eigenvalue weighted by Crippen LogP contribution is -2.01. The van der Waals surface area contributed by atoms with E-state index in [1.807, 2.05) is 31.2 Å². The lowest BCUT2D eigenvalue weighted by atomic mass is 10.1. The van der Waals surface area contributed by atoms with E-state index in [0.29, 0.717) is 17.2 Å². The number of methoxy groups -OCH3 is 3. The van der Waals surface area contributed by atoms with Gasteiger partial charge in [-0.15, -0.1) is 11.3 Å². The molecule has 1 aromatic heterocycles. The first-order valence-electron chi connectivity index (χ1n) is 6.27. The number of hydrogen-bond acceptors (Lipinski definition) is 5. The first kappa shape index (κ1) is 14.7. The van der Waals surface area contributed by atoms with E-state index in [2.05, 4.69) is 0 Å². The van der Waals surface area contributed by atoms with Gasteiger partial charge in [-0.2, -0.15) is 0 Å². The van der Waals surface area contributed by atoms with Crippen LogP contribution in [0, 0.1) is 0 Å². The highest BCUT2D eigenvalue weighted by atomic mass is 32.1. The molecule has 1 atom stereocenters. The molecule has 0 aliphatic rings. The minimum atomic E-state index is 0.0277. The molecule has 0 saturated heterocycles. The first-order chi connectivity index (χ1) is 9.62. The molecule has 2 N–H and O–H groups in total. The topological polar surface area (TPSA) is 53.7 Å². The molecule has 0 saturated carbocycles. The van der Waals surface area contributed by atoms with Gasteiger partial charge < -0.3 is 19.9 Å². The molecule has 5 heteroatoms. The Morgan fingerprint density at radius 1 is 0.950 bits per heavy atom. The van der Waals surface area contributed by atoms with E-state index in [4.69, 9.17) is 19.9 Å². The molecule has 0 aliphatic carbocycles. The largest absolute Gasteiger partial charge is 0.493 e. The lowest BCUT2D eigenvalue weighted by molar-refractivity contribution is 0.325. The van der Waals surface area contributed by atoms with Gasteiger partial charge in [0, 0.05) is 21.4 Å². The van der Waals surface area contributed by atoms with E-state index in [0.717, 1.165) is 15.3 Å². The van der Waals surface area contributed by atoms with Gasteiger partial charge in [-0.25, -0.2) is 0 Å². The van der Waals surface area contributed by atoms with Gasteiger partial charge in [-0.05, 0) is 31.2 Å². The number of benzene rings is 1. The molecule has 0 spiro atoms. The highest BCUT2D eigenvalue weighted by Gasteiger charge is 2.18. The van der Waals surface area contributed by atoms with Crippen LogP contribution in [0.25, 0.3) is 10.4 Å². The van der Waals surface area contributed by atoms with E-state index in [1.165, 1.54) is 0 Å². The summed E-state index contributed by atoms with van der Waals surface area (Å²) < 4.78 is 16.2. The van der Waals surface area contributed by atoms with Crippen molar-refractivity contribution in [1.82, 2.24) is 0 Å². The Balaban J connectivity index is 2.55. The highest BCUT2D eigenvalue weighted by Crippen LogP contribution is 2.46. The van der Waals surface area contributed by atoms with Crippen molar-refractivity contribution < 1.29 is 14.2 Å². The molecule has 0 fully saturated rings. The van der Waals surface area contributed by atoms with Crippen LogP contribution >= 0.6 is 11.3 Å². The van der Waals surface area contributed by atoms with Gasteiger partial charge in [0.15, 0.2) is 11.5 Å². The molecule has 4 nitrogen and oxygen atoms in total. The average Bonchev–Trinajstić information content (AvgIpc) is 2.95. The molecular weight excluding hydrogens is 274 g/mol. The predicted molar refractivity (Wildman–Crippen MR) is 82.0 cm³/mol. The summed E-state index contributed by atoms with van der Waals surface area (Å²) in [6.45, 7) is 1.97. The van der Waals surface area contributed by atoms with E-state index in [1.54, 1.807) is 32.7 Å². The van der Waals surface area contributed by atoms with Gasteiger partial charge in [0.2, 0.25) is 5.75 Å². The van der Waals surface area contributed by atoms with Crippen LogP contribution in [0.1, 0.15) is 17.8 Å². The van der Waals surface area contributed by atoms with Crippen LogP contribution in [-0.2, 0) is 0 Å². The van der Waals surface area contributed by atoms with E-state index in [-0.39, 0.29) is 6.04 Å². The van der Waals surface area contributed by atoms with E-state index >= 15 is 0 Å². The van der Waals surface area contributed by atoms with Crippen molar-refractivity contribution in [3.8, 4) is 27.7 Å². The smallest absolute Gasteiger partial charge is 0.203 e. The Labute approximate surface area is 123 Å². The SMILES string of the molecule is COc1ccc(-c2ccc(C(C)N)s2)c(OC)c1OC. The fourth-order valence-electron chi connectivity index (χ4n) is 2.04. The van der Waals surface area contributed by atoms with Crippen LogP contribution in [0.5, 0.6) is 17.2 Å². The first-order valence-corrected chi connectivity index (χ1v) is 7.08. The molecule has 1 unspecified atom stereocenters. The van der Waals surface area contributed by atoms with Gasteiger partial charge in [-0.1, -0.05) is 0 Å². The molecule has 108 valence electrons. The van der Waals surface area contributed by atoms with Gasteiger partial charge in [-0.3, -0.25) is 0 Å². The van der Waals surface area contributed by atoms with Gasteiger partial charge in [0.1, 0.15) is 0 Å². The van der Waals surface area contributed by atoms with Crippen LogP contribution in [0.3, 0.4) is 0 Å². The van der Waals surface area contributed by atoms with Crippen LogP contribution in [-0.4, -0.2) is 21.3 Å². The number of nitrogens with two attached hydrogens (primary N) is 1. The molecule has 0 bridgehead atoms. The van der Waals surface area contributed by atoms with Gasteiger partial charge in [0.05, 0.1) is 21.3 Å². The number of thiophene rings is 1. The fraction of sp³-hybridized carbons (Fsp3) is 0.333. The zero-order valence-corrected chi connectivity index (χ0v) is 12.9. The van der Waals surface area contributed by atoms with Crippen LogP contribution < -0.4 is 19.9 Å². The molecule has 0 radical (unpaired) electrons. The Kier molecular flexibility index (Phi) is 4.52. The summed E-state index contributed by atoms with van der Waals surface area (Å²) in [4.78, 5) is 2.23. The Morgan fingerprint density at radius 2 is 1.65 bits per heavy atom. The lowest BCUT2D eigenvalue weighted by Gasteiger charge is -2.15. The van der Waals surface area contributed by atoms with Crippen molar-refractivity contribution in [3.63, 3.8) is 0 Å². The predicted octanol–water partition coefficient (Wildman–Crippen LogP) is 3.46. The fourth-order valence-corrected chi connectivity index (χ4v) is 3.02. The third-order valence-electron chi connectivity index (χ3n) is 3.05. The van der Waals surface area contributed by atoms with Crippen molar-refractivity contribution in [2.75, 3.05) is 21.3 Å². The molecule has 1 heterocycles. The Hall–Kier alpha value is -1.72. The third-order valence-corrected chi connectivity index (χ3v) is 4.36. The van der Waals surface area contributed by atoms with Crippen molar-refractivity contribution >= 4 is 11.3 Å². The van der Waals surface area contributed by atoms with E-state index in [9.17, 15) is 0 Å². The summed E-state index contributed by atoms with van der Waals surface area (Å²) in [5, 5.41) is 0. The zero-order chi connectivity index (χ0) is 14.7. The summed E-state index contributed by atoms with van der Waals surface area (Å²) in [6.07, 6.45) is 0. The summed E-state index contributed by atoms with van der Waals surface area (Å²) in [7, 11) is 4.84. The summed E-state index contributed by atoms with van der Waals surface area (Å²) in [5.74, 6) is 1.92. The molecular formula is C15H19NO3S. The van der Waals surface area contributed by atoms with Crippen molar-refractivity contribution in [1.29, 1.82) is 0 Å². The maximum atomic E-state index is 5.91. The van der Waals surface area contributed by atoms with Crippen LogP contribution in [0.15, 0.2) is 24.3 Å².